The van der Waals surface area contributed by atoms with Crippen molar-refractivity contribution < 1.29 is 9.32 Å². The van der Waals surface area contributed by atoms with E-state index in [4.69, 9.17) is 10.3 Å². The Morgan fingerprint density at radius 1 is 1.67 bits per heavy atom. The van der Waals surface area contributed by atoms with Crippen molar-refractivity contribution in [3.63, 3.8) is 0 Å². The summed E-state index contributed by atoms with van der Waals surface area (Å²) >= 11 is 0. The zero-order valence-corrected chi connectivity index (χ0v) is 11.1. The van der Waals surface area contributed by atoms with Crippen molar-refractivity contribution in [3.05, 3.63) is 17.5 Å². The van der Waals surface area contributed by atoms with Crippen LogP contribution in [0.4, 0.5) is 0 Å². The van der Waals surface area contributed by atoms with Crippen molar-refractivity contribution in [1.29, 1.82) is 0 Å². The van der Waals surface area contributed by atoms with Crippen LogP contribution in [0.15, 0.2) is 10.6 Å². The molecule has 2 N–H and O–H groups in total. The van der Waals surface area contributed by atoms with Gasteiger partial charge in [-0.15, -0.1) is 0 Å². The zero-order chi connectivity index (χ0) is 13.1. The van der Waals surface area contributed by atoms with E-state index in [0.717, 1.165) is 25.1 Å². The number of hydrogen-bond donors (Lipinski definition) is 1. The summed E-state index contributed by atoms with van der Waals surface area (Å²) in [5, 5.41) is 3.87. The monoisotopic (exact) mass is 251 g/mol. The minimum absolute atomic E-state index is 0.102. The first kappa shape index (κ1) is 13.1. The van der Waals surface area contributed by atoms with Gasteiger partial charge in [-0.1, -0.05) is 12.1 Å². The molecule has 2 unspecified atom stereocenters. The third-order valence-electron chi connectivity index (χ3n) is 3.69. The van der Waals surface area contributed by atoms with Gasteiger partial charge in [-0.05, 0) is 25.7 Å². The van der Waals surface area contributed by atoms with Crippen LogP contribution in [0.3, 0.4) is 0 Å². The number of piperidine rings is 1. The van der Waals surface area contributed by atoms with Crippen molar-refractivity contribution >= 4 is 5.91 Å². The molecule has 5 nitrogen and oxygen atoms in total. The molecule has 0 spiro atoms. The number of nitrogens with two attached hydrogens (primary N) is 1. The van der Waals surface area contributed by atoms with Crippen LogP contribution in [0.2, 0.25) is 0 Å². The Hall–Kier alpha value is -1.36. The van der Waals surface area contributed by atoms with Crippen molar-refractivity contribution in [3.8, 4) is 0 Å². The molecule has 1 amide bonds. The lowest BCUT2D eigenvalue weighted by molar-refractivity contribution is -0.135. The minimum Gasteiger partial charge on any atom is -0.361 e. The van der Waals surface area contributed by atoms with Crippen molar-refractivity contribution in [2.45, 2.75) is 39.2 Å². The van der Waals surface area contributed by atoms with Crippen LogP contribution in [0.5, 0.6) is 0 Å². The van der Waals surface area contributed by atoms with Crippen molar-refractivity contribution in [1.82, 2.24) is 10.1 Å². The molecule has 1 aliphatic rings. The zero-order valence-electron chi connectivity index (χ0n) is 11.1. The molecule has 1 aliphatic heterocycles. The second-order valence-electron chi connectivity index (χ2n) is 5.12. The summed E-state index contributed by atoms with van der Waals surface area (Å²) in [5.74, 6) is 1.32. The number of hydrogen-bond acceptors (Lipinski definition) is 4. The number of nitrogens with zero attached hydrogens (tertiary/aromatic N) is 2. The van der Waals surface area contributed by atoms with Crippen molar-refractivity contribution in [2.75, 3.05) is 13.1 Å². The summed E-state index contributed by atoms with van der Waals surface area (Å²) in [7, 11) is 0. The molecule has 100 valence electrons. The molecule has 1 aromatic heterocycles. The largest absolute Gasteiger partial charge is 0.361 e. The maximum atomic E-state index is 12.3. The van der Waals surface area contributed by atoms with Gasteiger partial charge in [-0.2, -0.15) is 0 Å². The fourth-order valence-corrected chi connectivity index (χ4v) is 2.68. The highest BCUT2D eigenvalue weighted by molar-refractivity contribution is 5.78. The molecule has 5 heteroatoms. The van der Waals surface area contributed by atoms with Gasteiger partial charge in [0.25, 0.3) is 0 Å². The van der Waals surface area contributed by atoms with Gasteiger partial charge in [0, 0.05) is 25.2 Å². The smallest absolute Gasteiger partial charge is 0.229 e. The van der Waals surface area contributed by atoms with Crippen LogP contribution in [0, 0.1) is 12.8 Å². The highest BCUT2D eigenvalue weighted by atomic mass is 16.5. The Balaban J connectivity index is 2.03. The third-order valence-corrected chi connectivity index (χ3v) is 3.69. The molecule has 0 radical (unpaired) electrons. The van der Waals surface area contributed by atoms with E-state index >= 15 is 0 Å². The average molecular weight is 251 g/mol. The Bertz CT molecular complexity index is 416. The molecule has 2 heterocycles. The van der Waals surface area contributed by atoms with E-state index in [-0.39, 0.29) is 11.9 Å². The molecule has 1 aromatic rings. The third kappa shape index (κ3) is 2.72. The summed E-state index contributed by atoms with van der Waals surface area (Å²) in [6.45, 7) is 5.33. The fraction of sp³-hybridized carbons (Fsp3) is 0.692. The quantitative estimate of drug-likeness (QED) is 0.873. The predicted molar refractivity (Wildman–Crippen MR) is 67.9 cm³/mol. The van der Waals surface area contributed by atoms with E-state index in [1.807, 2.05) is 17.9 Å². The van der Waals surface area contributed by atoms with E-state index in [1.54, 1.807) is 0 Å². The molecule has 0 aliphatic carbocycles. The SMILES string of the molecule is Cc1cc(CC(=O)N2CCCC(C)C2CN)no1. The van der Waals surface area contributed by atoms with Gasteiger partial charge in [0.05, 0.1) is 12.1 Å². The average Bonchev–Trinajstić information content (AvgIpc) is 2.74. The number of carbonyl (C=O) groups is 1. The Morgan fingerprint density at radius 3 is 3.06 bits per heavy atom. The summed E-state index contributed by atoms with van der Waals surface area (Å²) < 4.78 is 4.98. The van der Waals surface area contributed by atoms with Gasteiger partial charge >= 0.3 is 0 Å². The molecule has 0 saturated carbocycles. The molecule has 2 atom stereocenters. The minimum atomic E-state index is 0.102. The second kappa shape index (κ2) is 5.52. The molecule has 0 bridgehead atoms. The lowest BCUT2D eigenvalue weighted by Crippen LogP contribution is -2.51. The first-order valence-corrected chi connectivity index (χ1v) is 6.53. The number of likely N-dealkylation sites (tertiary alicyclic amines) is 1. The second-order valence-corrected chi connectivity index (χ2v) is 5.12. The normalized spacial score (nSPS) is 24.3. The van der Waals surface area contributed by atoms with E-state index in [0.29, 0.717) is 24.6 Å². The Kier molecular flexibility index (Phi) is 4.01. The van der Waals surface area contributed by atoms with Crippen LogP contribution in [-0.4, -0.2) is 35.1 Å². The number of aromatic nitrogens is 1. The molecule has 1 saturated heterocycles. The van der Waals surface area contributed by atoms with Crippen molar-refractivity contribution in [2.24, 2.45) is 11.7 Å². The van der Waals surface area contributed by atoms with E-state index in [9.17, 15) is 4.79 Å². The lowest BCUT2D eigenvalue weighted by atomic mass is 9.90. The topological polar surface area (TPSA) is 72.4 Å². The molecular formula is C13H21N3O2. The predicted octanol–water partition coefficient (Wildman–Crippen LogP) is 1.11. The standard InChI is InChI=1S/C13H21N3O2/c1-9-4-3-5-16(12(9)8-14)13(17)7-11-6-10(2)18-15-11/h6,9,12H,3-5,7-8,14H2,1-2H3. The van der Waals surface area contributed by atoms with Crippen LogP contribution in [0.1, 0.15) is 31.2 Å². The van der Waals surface area contributed by atoms with Crippen LogP contribution in [-0.2, 0) is 11.2 Å². The highest BCUT2D eigenvalue weighted by Crippen LogP contribution is 2.23. The van der Waals surface area contributed by atoms with Gasteiger partial charge in [0.2, 0.25) is 5.91 Å². The summed E-state index contributed by atoms with van der Waals surface area (Å²) in [4.78, 5) is 14.2. The van der Waals surface area contributed by atoms with E-state index in [2.05, 4.69) is 12.1 Å². The number of amides is 1. The lowest BCUT2D eigenvalue weighted by Gasteiger charge is -2.39. The van der Waals surface area contributed by atoms with Gasteiger partial charge in [0.15, 0.2) is 0 Å². The fourth-order valence-electron chi connectivity index (χ4n) is 2.68. The van der Waals surface area contributed by atoms with Gasteiger partial charge in [0.1, 0.15) is 5.76 Å². The first-order chi connectivity index (χ1) is 8.61. The van der Waals surface area contributed by atoms with Crippen LogP contribution in [0.25, 0.3) is 0 Å². The highest BCUT2D eigenvalue weighted by Gasteiger charge is 2.30. The van der Waals surface area contributed by atoms with Crippen LogP contribution >= 0.6 is 0 Å². The number of carbonyl (C=O) groups excluding carboxylic acids is 1. The van der Waals surface area contributed by atoms with Gasteiger partial charge in [-0.3, -0.25) is 4.79 Å². The molecule has 2 rings (SSSR count). The maximum Gasteiger partial charge on any atom is 0.229 e. The molecule has 18 heavy (non-hydrogen) atoms. The molecule has 1 fully saturated rings. The Labute approximate surface area is 107 Å². The Morgan fingerprint density at radius 2 is 2.44 bits per heavy atom. The summed E-state index contributed by atoms with van der Waals surface area (Å²) in [6.07, 6.45) is 2.51. The number of rotatable bonds is 3. The van der Waals surface area contributed by atoms with E-state index < -0.39 is 0 Å². The van der Waals surface area contributed by atoms with Gasteiger partial charge < -0.3 is 15.2 Å². The van der Waals surface area contributed by atoms with Gasteiger partial charge in [-0.25, -0.2) is 0 Å². The van der Waals surface area contributed by atoms with Crippen LogP contribution < -0.4 is 5.73 Å². The summed E-state index contributed by atoms with van der Waals surface area (Å²) in [6, 6.07) is 1.97. The van der Waals surface area contributed by atoms with E-state index in [1.165, 1.54) is 0 Å². The molecular weight excluding hydrogens is 230 g/mol. The first-order valence-electron chi connectivity index (χ1n) is 6.53. The summed E-state index contributed by atoms with van der Waals surface area (Å²) in [5.41, 5.74) is 6.49. The maximum absolute atomic E-state index is 12.3. The number of aryl methyl sites for hydroxylation is 1. The molecule has 0 aromatic carbocycles.